The van der Waals surface area contributed by atoms with Gasteiger partial charge in [0, 0.05) is 0 Å². The fourth-order valence-corrected chi connectivity index (χ4v) is 3.59. The van der Waals surface area contributed by atoms with Crippen LogP contribution >= 0.6 is 0 Å². The molecule has 0 saturated heterocycles. The van der Waals surface area contributed by atoms with E-state index in [0.29, 0.717) is 5.69 Å². The van der Waals surface area contributed by atoms with Gasteiger partial charge in [-0.15, -0.1) is 5.10 Å². The van der Waals surface area contributed by atoms with Crippen molar-refractivity contribution in [3.63, 3.8) is 0 Å². The topological polar surface area (TPSA) is 98.0 Å². The Morgan fingerprint density at radius 3 is 2.52 bits per heavy atom. The first-order valence-electron chi connectivity index (χ1n) is 6.87. The van der Waals surface area contributed by atoms with Crippen LogP contribution in [0.3, 0.4) is 0 Å². The average molecular weight is 330 g/mol. The summed E-state index contributed by atoms with van der Waals surface area (Å²) in [7, 11) is -3.74. The van der Waals surface area contributed by atoms with E-state index in [1.165, 1.54) is 35.9 Å². The predicted octanol–water partition coefficient (Wildman–Crippen LogP) is 1.90. The summed E-state index contributed by atoms with van der Waals surface area (Å²) in [6.45, 7) is 1.52. The lowest BCUT2D eigenvalue weighted by molar-refractivity contribution is 0.473. The number of hydrogen-bond donors (Lipinski definition) is 1. The van der Waals surface area contributed by atoms with Crippen molar-refractivity contribution in [3.8, 4) is 11.4 Å². The molecule has 1 heterocycles. The molecule has 3 aromatic rings. The number of sulfone groups is 1. The molecule has 0 aliphatic rings. The molecule has 0 fully saturated rings. The van der Waals surface area contributed by atoms with Crippen molar-refractivity contribution in [2.24, 2.45) is 0 Å². The molecule has 23 heavy (non-hydrogen) atoms. The van der Waals surface area contributed by atoms with Crippen molar-refractivity contribution < 1.29 is 13.5 Å². The van der Waals surface area contributed by atoms with Crippen molar-refractivity contribution >= 4 is 9.84 Å². The van der Waals surface area contributed by atoms with Crippen molar-refractivity contribution in [2.45, 2.75) is 17.1 Å². The van der Waals surface area contributed by atoms with E-state index in [0.717, 1.165) is 0 Å². The second-order valence-corrected chi connectivity index (χ2v) is 7.24. The second-order valence-electron chi connectivity index (χ2n) is 4.97. The third kappa shape index (κ3) is 2.80. The molecule has 0 bridgehead atoms. The van der Waals surface area contributed by atoms with E-state index in [2.05, 4.69) is 15.5 Å². The molecule has 0 saturated carbocycles. The molecule has 0 aliphatic carbocycles. The van der Waals surface area contributed by atoms with E-state index in [4.69, 9.17) is 0 Å². The average Bonchev–Trinajstić information content (AvgIpc) is 3.04. The van der Waals surface area contributed by atoms with E-state index >= 15 is 0 Å². The number of hydrogen-bond acceptors (Lipinski definition) is 6. The Bertz CT molecular complexity index is 923. The highest BCUT2D eigenvalue weighted by Gasteiger charge is 2.30. The van der Waals surface area contributed by atoms with Gasteiger partial charge in [-0.25, -0.2) is 8.42 Å². The van der Waals surface area contributed by atoms with Crippen LogP contribution in [0.4, 0.5) is 0 Å². The van der Waals surface area contributed by atoms with E-state index < -0.39 is 15.1 Å². The SMILES string of the molecule is C[C@@H](c1nnnn1-c1ccccc1)S(=O)(=O)c1cccc(O)c1. The number of aromatic nitrogens is 4. The Morgan fingerprint density at radius 1 is 1.09 bits per heavy atom. The van der Waals surface area contributed by atoms with Crippen LogP contribution in [0.15, 0.2) is 59.5 Å². The molecular formula is C15H14N4O3S. The monoisotopic (exact) mass is 330 g/mol. The fourth-order valence-electron chi connectivity index (χ4n) is 2.20. The van der Waals surface area contributed by atoms with E-state index in [1.54, 1.807) is 12.1 Å². The standard InChI is InChI=1S/C15H14N4O3S/c1-11(23(21,22)14-9-5-8-13(20)10-14)15-16-17-18-19(15)12-6-3-2-4-7-12/h2-11,20H,1H3/t11-/m0/s1. The van der Waals surface area contributed by atoms with Gasteiger partial charge < -0.3 is 5.11 Å². The van der Waals surface area contributed by atoms with Gasteiger partial charge in [-0.3, -0.25) is 0 Å². The number of phenols is 1. The van der Waals surface area contributed by atoms with E-state index in [1.807, 2.05) is 18.2 Å². The highest BCUT2D eigenvalue weighted by molar-refractivity contribution is 7.91. The summed E-state index contributed by atoms with van der Waals surface area (Å²) in [5, 5.41) is 19.9. The Labute approximate surface area is 133 Å². The van der Waals surface area contributed by atoms with Crippen LogP contribution in [-0.4, -0.2) is 33.7 Å². The molecule has 2 aromatic carbocycles. The van der Waals surface area contributed by atoms with Crippen molar-refractivity contribution in [1.29, 1.82) is 0 Å². The maximum Gasteiger partial charge on any atom is 0.188 e. The summed E-state index contributed by atoms with van der Waals surface area (Å²) in [6, 6.07) is 14.6. The summed E-state index contributed by atoms with van der Waals surface area (Å²) in [6.07, 6.45) is 0. The van der Waals surface area contributed by atoms with E-state index in [9.17, 15) is 13.5 Å². The van der Waals surface area contributed by atoms with Gasteiger partial charge in [0.1, 0.15) is 11.0 Å². The molecule has 0 unspecified atom stereocenters. The second kappa shape index (κ2) is 5.81. The first-order valence-corrected chi connectivity index (χ1v) is 8.41. The lowest BCUT2D eigenvalue weighted by Gasteiger charge is -2.13. The van der Waals surface area contributed by atoms with Crippen LogP contribution in [0, 0.1) is 0 Å². The third-order valence-electron chi connectivity index (χ3n) is 3.47. The Hall–Kier alpha value is -2.74. The van der Waals surface area contributed by atoms with Crippen LogP contribution < -0.4 is 0 Å². The zero-order chi connectivity index (χ0) is 16.4. The highest BCUT2D eigenvalue weighted by Crippen LogP contribution is 2.29. The normalized spacial score (nSPS) is 12.9. The van der Waals surface area contributed by atoms with Gasteiger partial charge in [0.25, 0.3) is 0 Å². The fraction of sp³-hybridized carbons (Fsp3) is 0.133. The number of aromatic hydroxyl groups is 1. The maximum absolute atomic E-state index is 12.7. The Morgan fingerprint density at radius 2 is 1.83 bits per heavy atom. The zero-order valence-corrected chi connectivity index (χ0v) is 13.1. The van der Waals surface area contributed by atoms with Crippen LogP contribution in [0.25, 0.3) is 5.69 Å². The molecule has 3 rings (SSSR count). The van der Waals surface area contributed by atoms with Crippen molar-refractivity contribution in [2.75, 3.05) is 0 Å². The molecule has 118 valence electrons. The van der Waals surface area contributed by atoms with Gasteiger partial charge in [0.2, 0.25) is 0 Å². The quantitative estimate of drug-likeness (QED) is 0.784. The predicted molar refractivity (Wildman–Crippen MR) is 82.9 cm³/mol. The number of rotatable bonds is 4. The minimum absolute atomic E-state index is 0.0209. The van der Waals surface area contributed by atoms with Gasteiger partial charge in [0.05, 0.1) is 10.6 Å². The van der Waals surface area contributed by atoms with Gasteiger partial charge in [-0.1, -0.05) is 24.3 Å². The van der Waals surface area contributed by atoms with Gasteiger partial charge in [0.15, 0.2) is 15.7 Å². The van der Waals surface area contributed by atoms with Crippen molar-refractivity contribution in [1.82, 2.24) is 20.2 Å². The summed E-state index contributed by atoms with van der Waals surface area (Å²) in [5.74, 6) is 0.0977. The summed E-state index contributed by atoms with van der Waals surface area (Å²) >= 11 is 0. The van der Waals surface area contributed by atoms with Gasteiger partial charge >= 0.3 is 0 Å². The first kappa shape index (κ1) is 15.2. The number of nitrogens with zero attached hydrogens (tertiary/aromatic N) is 4. The molecule has 7 nitrogen and oxygen atoms in total. The minimum atomic E-state index is -3.74. The van der Waals surface area contributed by atoms with Crippen molar-refractivity contribution in [3.05, 3.63) is 60.4 Å². The molecule has 8 heteroatoms. The van der Waals surface area contributed by atoms with Crippen LogP contribution in [-0.2, 0) is 9.84 Å². The van der Waals surface area contributed by atoms with Crippen LogP contribution in [0.5, 0.6) is 5.75 Å². The molecule has 0 aliphatic heterocycles. The Balaban J connectivity index is 2.05. The minimum Gasteiger partial charge on any atom is -0.508 e. The number of tetrazole rings is 1. The van der Waals surface area contributed by atoms with Crippen LogP contribution in [0.1, 0.15) is 18.0 Å². The zero-order valence-electron chi connectivity index (χ0n) is 12.2. The lowest BCUT2D eigenvalue weighted by Crippen LogP contribution is -2.16. The first-order chi connectivity index (χ1) is 11.0. The number of para-hydroxylation sites is 1. The van der Waals surface area contributed by atoms with Crippen LogP contribution in [0.2, 0.25) is 0 Å². The lowest BCUT2D eigenvalue weighted by atomic mass is 10.3. The highest BCUT2D eigenvalue weighted by atomic mass is 32.2. The molecule has 0 spiro atoms. The molecule has 0 amide bonds. The summed E-state index contributed by atoms with van der Waals surface area (Å²) < 4.78 is 26.9. The molecular weight excluding hydrogens is 316 g/mol. The van der Waals surface area contributed by atoms with Gasteiger partial charge in [-0.2, -0.15) is 4.68 Å². The summed E-state index contributed by atoms with van der Waals surface area (Å²) in [4.78, 5) is 0.0209. The largest absolute Gasteiger partial charge is 0.508 e. The maximum atomic E-state index is 12.7. The van der Waals surface area contributed by atoms with E-state index in [-0.39, 0.29) is 16.5 Å². The smallest absolute Gasteiger partial charge is 0.188 e. The Kier molecular flexibility index (Phi) is 3.83. The number of benzene rings is 2. The third-order valence-corrected chi connectivity index (χ3v) is 5.52. The summed E-state index contributed by atoms with van der Waals surface area (Å²) in [5.41, 5.74) is 0.672. The number of phenolic OH excluding ortho intramolecular Hbond substituents is 1. The van der Waals surface area contributed by atoms with Gasteiger partial charge in [-0.05, 0) is 47.7 Å². The molecule has 1 atom stereocenters. The molecule has 1 N–H and O–H groups in total. The molecule has 1 aromatic heterocycles. The molecule has 0 radical (unpaired) electrons.